The Morgan fingerprint density at radius 3 is 2.50 bits per heavy atom. The van der Waals surface area contributed by atoms with Crippen LogP contribution in [0.4, 0.5) is 0 Å². The van der Waals surface area contributed by atoms with Crippen LogP contribution in [0.25, 0.3) is 0 Å². The Morgan fingerprint density at radius 2 is 1.83 bits per heavy atom. The molecule has 2 N–H and O–H groups in total. The van der Waals surface area contributed by atoms with Crippen LogP contribution in [0.5, 0.6) is 11.5 Å². The predicted octanol–water partition coefficient (Wildman–Crippen LogP) is 4.69. The maximum Gasteiger partial charge on any atom is 0.343 e. The minimum absolute atomic E-state index is 0.0566. The fraction of sp³-hybridized carbons (Fsp3) is 0.120. The van der Waals surface area contributed by atoms with Crippen molar-refractivity contribution in [2.24, 2.45) is 5.73 Å². The molecule has 30 heavy (non-hydrogen) atoms. The maximum atomic E-state index is 12.4. The lowest BCUT2D eigenvalue weighted by Crippen LogP contribution is -2.21. The van der Waals surface area contributed by atoms with Crippen molar-refractivity contribution < 1.29 is 14.3 Å². The molecular weight excluding hydrogens is 376 g/mol. The van der Waals surface area contributed by atoms with Crippen LogP contribution in [0.1, 0.15) is 39.9 Å². The van der Waals surface area contributed by atoms with Gasteiger partial charge in [-0.3, -0.25) is 0 Å². The summed E-state index contributed by atoms with van der Waals surface area (Å²) in [5.41, 5.74) is 9.83. The average molecular weight is 396 g/mol. The lowest BCUT2D eigenvalue weighted by Gasteiger charge is -2.26. The Hall–Kier alpha value is -4.04. The minimum Gasteiger partial charge on any atom is -0.440 e. The van der Waals surface area contributed by atoms with E-state index in [1.807, 2.05) is 36.4 Å². The first-order valence-corrected chi connectivity index (χ1v) is 9.68. The zero-order valence-corrected chi connectivity index (χ0v) is 16.5. The molecule has 5 heteroatoms. The van der Waals surface area contributed by atoms with Gasteiger partial charge in [-0.05, 0) is 35.7 Å². The van der Waals surface area contributed by atoms with Crippen molar-refractivity contribution >= 4 is 5.97 Å². The Balaban J connectivity index is 1.69. The number of ether oxygens (including phenoxy) is 2. The standard InChI is InChI=1S/C25H20N2O3/c1-2-16-8-10-17(11-9-16)23-20-13-12-19(14-22(20)30-24(27)21(23)15-26)29-25(28)18-6-4-3-5-7-18/h3-14,23H,2,27H2,1H3. The van der Waals surface area contributed by atoms with E-state index in [0.717, 1.165) is 17.5 Å². The lowest BCUT2D eigenvalue weighted by atomic mass is 9.83. The molecule has 0 bridgehead atoms. The summed E-state index contributed by atoms with van der Waals surface area (Å²) in [7, 11) is 0. The fourth-order valence-corrected chi connectivity index (χ4v) is 3.53. The molecule has 5 nitrogen and oxygen atoms in total. The number of hydrogen-bond acceptors (Lipinski definition) is 5. The number of fused-ring (bicyclic) bond motifs is 1. The lowest BCUT2D eigenvalue weighted by molar-refractivity contribution is 0.0734. The van der Waals surface area contributed by atoms with Crippen LogP contribution in [0.15, 0.2) is 84.3 Å². The summed E-state index contributed by atoms with van der Waals surface area (Å²) in [6.45, 7) is 2.09. The van der Waals surface area contributed by atoms with E-state index in [1.54, 1.807) is 36.4 Å². The van der Waals surface area contributed by atoms with Crippen molar-refractivity contribution in [3.05, 3.63) is 107 Å². The van der Waals surface area contributed by atoms with Gasteiger partial charge in [0.05, 0.1) is 11.5 Å². The molecule has 0 fully saturated rings. The number of nitrogens with zero attached hydrogens (tertiary/aromatic N) is 1. The summed E-state index contributed by atoms with van der Waals surface area (Å²) in [4.78, 5) is 12.4. The minimum atomic E-state index is -0.459. The maximum absolute atomic E-state index is 12.4. The summed E-state index contributed by atoms with van der Waals surface area (Å²) in [5, 5.41) is 9.68. The first kappa shape index (κ1) is 19.3. The molecule has 0 amide bonds. The first-order chi connectivity index (χ1) is 14.6. The van der Waals surface area contributed by atoms with Gasteiger partial charge in [0.15, 0.2) is 0 Å². The van der Waals surface area contributed by atoms with Gasteiger partial charge in [-0.25, -0.2) is 4.79 Å². The molecule has 1 unspecified atom stereocenters. The normalized spacial score (nSPS) is 15.0. The summed E-state index contributed by atoms with van der Waals surface area (Å²) in [5.74, 6) is 0.0641. The van der Waals surface area contributed by atoms with Crippen molar-refractivity contribution in [1.82, 2.24) is 0 Å². The molecule has 0 radical (unpaired) electrons. The molecule has 0 saturated carbocycles. The molecule has 148 valence electrons. The largest absolute Gasteiger partial charge is 0.440 e. The van der Waals surface area contributed by atoms with Gasteiger partial charge >= 0.3 is 5.97 Å². The molecule has 1 heterocycles. The Kier molecular flexibility index (Phi) is 5.23. The second-order valence-electron chi connectivity index (χ2n) is 6.98. The number of carbonyl (C=O) groups excluding carboxylic acids is 1. The molecule has 1 atom stereocenters. The van der Waals surface area contributed by atoms with E-state index >= 15 is 0 Å². The van der Waals surface area contributed by atoms with Gasteiger partial charge in [-0.1, -0.05) is 55.5 Å². The van der Waals surface area contributed by atoms with E-state index in [0.29, 0.717) is 22.6 Å². The summed E-state index contributed by atoms with van der Waals surface area (Å²) >= 11 is 0. The highest BCUT2D eigenvalue weighted by atomic mass is 16.5. The van der Waals surface area contributed by atoms with Crippen molar-refractivity contribution in [2.45, 2.75) is 19.3 Å². The van der Waals surface area contributed by atoms with Gasteiger partial charge in [0.2, 0.25) is 5.88 Å². The Bertz CT molecular complexity index is 1160. The van der Waals surface area contributed by atoms with Crippen LogP contribution >= 0.6 is 0 Å². The summed E-state index contributed by atoms with van der Waals surface area (Å²) < 4.78 is 11.2. The van der Waals surface area contributed by atoms with Gasteiger partial charge in [0, 0.05) is 11.6 Å². The van der Waals surface area contributed by atoms with E-state index in [2.05, 4.69) is 13.0 Å². The Labute approximate surface area is 175 Å². The summed E-state index contributed by atoms with van der Waals surface area (Å²) in [6.07, 6.45) is 0.934. The molecule has 0 aliphatic carbocycles. The average Bonchev–Trinajstić information content (AvgIpc) is 2.78. The van der Waals surface area contributed by atoms with Gasteiger partial charge < -0.3 is 15.2 Å². The number of allylic oxidation sites excluding steroid dienone is 1. The van der Waals surface area contributed by atoms with Crippen LogP contribution in [0.3, 0.4) is 0 Å². The number of rotatable bonds is 4. The first-order valence-electron chi connectivity index (χ1n) is 9.68. The van der Waals surface area contributed by atoms with E-state index in [9.17, 15) is 10.1 Å². The number of nitrogens with two attached hydrogens (primary N) is 1. The van der Waals surface area contributed by atoms with Crippen LogP contribution in [0.2, 0.25) is 0 Å². The van der Waals surface area contributed by atoms with Gasteiger partial charge in [0.25, 0.3) is 0 Å². The number of aryl methyl sites for hydroxylation is 1. The molecule has 4 rings (SSSR count). The molecule has 3 aromatic carbocycles. The predicted molar refractivity (Wildman–Crippen MR) is 113 cm³/mol. The highest BCUT2D eigenvalue weighted by molar-refractivity contribution is 5.91. The van der Waals surface area contributed by atoms with Crippen LogP contribution in [0, 0.1) is 11.3 Å². The molecule has 3 aromatic rings. The van der Waals surface area contributed by atoms with E-state index in [1.165, 1.54) is 5.56 Å². The second kappa shape index (κ2) is 8.14. The number of nitriles is 1. The topological polar surface area (TPSA) is 85.3 Å². The third-order valence-electron chi connectivity index (χ3n) is 5.13. The van der Waals surface area contributed by atoms with Gasteiger partial charge in [-0.15, -0.1) is 0 Å². The number of esters is 1. The molecule has 0 saturated heterocycles. The van der Waals surface area contributed by atoms with Crippen molar-refractivity contribution in [3.63, 3.8) is 0 Å². The van der Waals surface area contributed by atoms with Crippen molar-refractivity contribution in [1.29, 1.82) is 5.26 Å². The van der Waals surface area contributed by atoms with Gasteiger partial charge in [0.1, 0.15) is 23.1 Å². The van der Waals surface area contributed by atoms with E-state index < -0.39 is 5.97 Å². The molecule has 1 aliphatic heterocycles. The number of carbonyl (C=O) groups is 1. The van der Waals surface area contributed by atoms with E-state index in [-0.39, 0.29) is 11.8 Å². The number of benzene rings is 3. The molecule has 0 spiro atoms. The molecule has 1 aliphatic rings. The second-order valence-corrected chi connectivity index (χ2v) is 6.98. The third-order valence-corrected chi connectivity index (χ3v) is 5.13. The number of hydrogen-bond donors (Lipinski definition) is 1. The third kappa shape index (κ3) is 3.63. The summed E-state index contributed by atoms with van der Waals surface area (Å²) in [6, 6.07) is 24.2. The highest BCUT2D eigenvalue weighted by Gasteiger charge is 2.31. The van der Waals surface area contributed by atoms with Crippen molar-refractivity contribution in [3.8, 4) is 17.6 Å². The van der Waals surface area contributed by atoms with Crippen LogP contribution < -0.4 is 15.2 Å². The Morgan fingerprint density at radius 1 is 1.10 bits per heavy atom. The zero-order valence-electron chi connectivity index (χ0n) is 16.5. The van der Waals surface area contributed by atoms with Crippen LogP contribution in [-0.4, -0.2) is 5.97 Å². The smallest absolute Gasteiger partial charge is 0.343 e. The monoisotopic (exact) mass is 396 g/mol. The quantitative estimate of drug-likeness (QED) is 0.511. The van der Waals surface area contributed by atoms with Gasteiger partial charge in [-0.2, -0.15) is 5.26 Å². The SMILES string of the molecule is CCc1ccc(C2C(C#N)=C(N)Oc3cc(OC(=O)c4ccccc4)ccc32)cc1. The highest BCUT2D eigenvalue weighted by Crippen LogP contribution is 2.43. The zero-order chi connectivity index (χ0) is 21.1. The molecular formula is C25H20N2O3. The van der Waals surface area contributed by atoms with E-state index in [4.69, 9.17) is 15.2 Å². The molecule has 0 aromatic heterocycles. The van der Waals surface area contributed by atoms with Crippen molar-refractivity contribution in [2.75, 3.05) is 0 Å². The van der Waals surface area contributed by atoms with Crippen LogP contribution in [-0.2, 0) is 6.42 Å². The fourth-order valence-electron chi connectivity index (χ4n) is 3.53.